The number of amides is 1. The fraction of sp³-hybridized carbons (Fsp3) is 0.333. The summed E-state index contributed by atoms with van der Waals surface area (Å²) in [6, 6.07) is 0. The molecular weight excluding hydrogens is 431 g/mol. The maximum absolute atomic E-state index is 12.2. The molecule has 2 aliphatic heterocycles. The molecule has 0 radical (unpaired) electrons. The molecule has 1 atom stereocenters. The van der Waals surface area contributed by atoms with Crippen molar-refractivity contribution in [2.75, 3.05) is 26.8 Å². The van der Waals surface area contributed by atoms with Crippen molar-refractivity contribution in [3.8, 4) is 0 Å². The van der Waals surface area contributed by atoms with Crippen LogP contribution in [0.15, 0.2) is 102 Å². The van der Waals surface area contributed by atoms with Gasteiger partial charge in [0, 0.05) is 11.4 Å². The van der Waals surface area contributed by atoms with Crippen LogP contribution in [0.4, 0.5) is 9.18 Å². The van der Waals surface area contributed by atoms with E-state index in [0.717, 1.165) is 36.4 Å². The molecule has 0 spiro atoms. The molecule has 0 bridgehead atoms. The molecular formula is C27H37FN4O2. The summed E-state index contributed by atoms with van der Waals surface area (Å²) in [4.78, 5) is 17.8. The number of allylic oxidation sites excluding steroid dienone is 11. The van der Waals surface area contributed by atoms with Crippen LogP contribution in [0.2, 0.25) is 0 Å². The van der Waals surface area contributed by atoms with Crippen LogP contribution in [-0.4, -0.2) is 50.2 Å². The first kappa shape index (κ1) is 28.4. The van der Waals surface area contributed by atoms with Gasteiger partial charge in [-0.25, -0.2) is 4.79 Å². The second-order valence-electron chi connectivity index (χ2n) is 7.40. The molecule has 1 aliphatic carbocycles. The predicted octanol–water partition coefficient (Wildman–Crippen LogP) is 5.50. The third-order valence-corrected chi connectivity index (χ3v) is 4.69. The number of hydrogen-bond acceptors (Lipinski definition) is 5. The Bertz CT molecular complexity index is 874. The van der Waals surface area contributed by atoms with Crippen molar-refractivity contribution < 1.29 is 13.9 Å². The van der Waals surface area contributed by atoms with Crippen LogP contribution >= 0.6 is 0 Å². The van der Waals surface area contributed by atoms with Crippen LogP contribution in [0.25, 0.3) is 0 Å². The van der Waals surface area contributed by atoms with Gasteiger partial charge in [0.15, 0.2) is 0 Å². The van der Waals surface area contributed by atoms with E-state index in [1.165, 1.54) is 5.57 Å². The number of rotatable bonds is 8. The van der Waals surface area contributed by atoms with E-state index in [1.807, 2.05) is 37.4 Å². The van der Waals surface area contributed by atoms with Gasteiger partial charge in [0.05, 0.1) is 33.2 Å². The number of aliphatic imine (C=N–C) groups is 1. The highest BCUT2D eigenvalue weighted by atomic mass is 19.1. The summed E-state index contributed by atoms with van der Waals surface area (Å²) in [5, 5.41) is 5.94. The van der Waals surface area contributed by atoms with Gasteiger partial charge >= 0.3 is 6.09 Å². The molecule has 6 nitrogen and oxygen atoms in total. The van der Waals surface area contributed by atoms with E-state index >= 15 is 0 Å². The molecule has 1 unspecified atom stereocenters. The average molecular weight is 469 g/mol. The molecule has 184 valence electrons. The summed E-state index contributed by atoms with van der Waals surface area (Å²) < 4.78 is 14.9. The zero-order chi connectivity index (χ0) is 25.2. The third kappa shape index (κ3) is 10.3. The van der Waals surface area contributed by atoms with E-state index in [0.29, 0.717) is 20.3 Å². The molecule has 2 N–H and O–H groups in total. The smallest absolute Gasteiger partial charge is 0.414 e. The van der Waals surface area contributed by atoms with Crippen LogP contribution in [0, 0.1) is 0 Å². The molecule has 0 aromatic carbocycles. The van der Waals surface area contributed by atoms with E-state index in [1.54, 1.807) is 17.3 Å². The van der Waals surface area contributed by atoms with Crippen LogP contribution in [0.5, 0.6) is 0 Å². The van der Waals surface area contributed by atoms with Crippen LogP contribution in [0.1, 0.15) is 26.7 Å². The molecule has 2 heterocycles. The normalized spacial score (nSPS) is 18.9. The van der Waals surface area contributed by atoms with Crippen LogP contribution in [-0.2, 0) is 4.74 Å². The summed E-state index contributed by atoms with van der Waals surface area (Å²) in [6.07, 6.45) is 23.0. The second-order valence-corrected chi connectivity index (χ2v) is 7.40. The zero-order valence-electron chi connectivity index (χ0n) is 20.5. The number of ether oxygens (including phenoxy) is 1. The molecule has 1 saturated heterocycles. The topological polar surface area (TPSA) is 66.0 Å². The van der Waals surface area contributed by atoms with Gasteiger partial charge in [0.1, 0.15) is 6.10 Å². The molecule has 0 saturated carbocycles. The average Bonchev–Trinajstić information content (AvgIpc) is 3.07. The standard InChI is InChI=1S/C22H28N2O2.C4H6N2.CH3F/c1-5-7-10-18(9-6-2)19-11-8-12-20(14-13-19)24-16-21(26-22(24)25)15-23-17(3)4;1-2-5-4-6-3-1;1-2/h6-10,12-14,21,23H,2-3,5,11,15-16H2,1,4H3;1-2,4H,3H2,(H,5,6);1H3/b10-7-,18-9+;;. The van der Waals surface area contributed by atoms with E-state index in [2.05, 4.69) is 60.0 Å². The Balaban J connectivity index is 0.000000615. The molecule has 1 amide bonds. The highest BCUT2D eigenvalue weighted by molar-refractivity contribution is 5.73. The minimum atomic E-state index is -0.306. The fourth-order valence-corrected chi connectivity index (χ4v) is 3.11. The Kier molecular flexibility index (Phi) is 14.2. The lowest BCUT2D eigenvalue weighted by Crippen LogP contribution is -2.29. The molecule has 3 rings (SSSR count). The van der Waals surface area contributed by atoms with Gasteiger partial charge in [0.25, 0.3) is 0 Å². The van der Waals surface area contributed by atoms with Crippen molar-refractivity contribution in [1.82, 2.24) is 15.5 Å². The first-order valence-electron chi connectivity index (χ1n) is 11.3. The summed E-state index contributed by atoms with van der Waals surface area (Å²) in [5.41, 5.74) is 4.04. The predicted molar refractivity (Wildman–Crippen MR) is 140 cm³/mol. The molecule has 0 aromatic rings. The van der Waals surface area contributed by atoms with Gasteiger partial charge in [-0.15, -0.1) is 0 Å². The lowest BCUT2D eigenvalue weighted by atomic mass is 10.0. The summed E-state index contributed by atoms with van der Waals surface area (Å²) in [7, 11) is 0.500. The number of carbonyl (C=O) groups excluding carboxylic acids is 1. The van der Waals surface area contributed by atoms with Gasteiger partial charge in [-0.3, -0.25) is 14.3 Å². The van der Waals surface area contributed by atoms with Gasteiger partial charge < -0.3 is 15.4 Å². The van der Waals surface area contributed by atoms with Crippen molar-refractivity contribution in [2.24, 2.45) is 4.99 Å². The first-order valence-corrected chi connectivity index (χ1v) is 11.3. The number of alkyl halides is 1. The first-order chi connectivity index (χ1) is 16.5. The Morgan fingerprint density at radius 3 is 2.74 bits per heavy atom. The third-order valence-electron chi connectivity index (χ3n) is 4.69. The largest absolute Gasteiger partial charge is 0.442 e. The van der Waals surface area contributed by atoms with Crippen molar-refractivity contribution in [1.29, 1.82) is 0 Å². The van der Waals surface area contributed by atoms with E-state index in [-0.39, 0.29) is 12.2 Å². The molecule has 1 fully saturated rings. The lowest BCUT2D eigenvalue weighted by molar-refractivity contribution is 0.135. The van der Waals surface area contributed by atoms with Crippen LogP contribution in [0.3, 0.4) is 0 Å². The SMILES string of the molecule is C1=CNC=NC1.C=C/C=C(\C=C/CC)C1=CC=C(N2CC(CNC(=C)C)OC2=O)C=CC1.CF. The Hall–Kier alpha value is -3.61. The number of hydrogen-bond donors (Lipinski definition) is 2. The second kappa shape index (κ2) is 16.9. The zero-order valence-corrected chi connectivity index (χ0v) is 20.5. The summed E-state index contributed by atoms with van der Waals surface area (Å²) in [6.45, 7) is 13.5. The Morgan fingerprint density at radius 2 is 2.18 bits per heavy atom. The van der Waals surface area contributed by atoms with Gasteiger partial charge in [0.2, 0.25) is 0 Å². The summed E-state index contributed by atoms with van der Waals surface area (Å²) >= 11 is 0. The fourth-order valence-electron chi connectivity index (χ4n) is 3.11. The number of halogens is 1. The number of nitrogens with one attached hydrogen (secondary N) is 2. The molecule has 3 aliphatic rings. The summed E-state index contributed by atoms with van der Waals surface area (Å²) in [5.74, 6) is 0. The van der Waals surface area contributed by atoms with Crippen molar-refractivity contribution >= 4 is 12.4 Å². The molecule has 7 heteroatoms. The van der Waals surface area contributed by atoms with Crippen molar-refractivity contribution in [3.05, 3.63) is 96.6 Å². The molecule has 34 heavy (non-hydrogen) atoms. The van der Waals surface area contributed by atoms with E-state index in [9.17, 15) is 9.18 Å². The van der Waals surface area contributed by atoms with E-state index in [4.69, 9.17) is 4.74 Å². The van der Waals surface area contributed by atoms with Gasteiger partial charge in [-0.05, 0) is 55.3 Å². The van der Waals surface area contributed by atoms with Gasteiger partial charge in [-0.1, -0.05) is 56.5 Å². The van der Waals surface area contributed by atoms with Gasteiger partial charge in [-0.2, -0.15) is 0 Å². The molecule has 0 aromatic heterocycles. The monoisotopic (exact) mass is 468 g/mol. The van der Waals surface area contributed by atoms with Crippen molar-refractivity contribution in [2.45, 2.75) is 32.8 Å². The maximum Gasteiger partial charge on any atom is 0.414 e. The number of carbonyl (C=O) groups is 1. The Morgan fingerprint density at radius 1 is 1.38 bits per heavy atom. The highest BCUT2D eigenvalue weighted by Crippen LogP contribution is 2.24. The lowest BCUT2D eigenvalue weighted by Gasteiger charge is -2.13. The minimum Gasteiger partial charge on any atom is -0.442 e. The van der Waals surface area contributed by atoms with E-state index < -0.39 is 0 Å². The Labute approximate surface area is 203 Å². The minimum absolute atomic E-state index is 0.177. The number of cyclic esters (lactones) is 1. The maximum atomic E-state index is 12.2. The van der Waals surface area contributed by atoms with Crippen LogP contribution < -0.4 is 10.6 Å². The number of nitrogens with zero attached hydrogens (tertiary/aromatic N) is 2. The van der Waals surface area contributed by atoms with Crippen molar-refractivity contribution in [3.63, 3.8) is 0 Å². The quantitative estimate of drug-likeness (QED) is 0.462. The highest BCUT2D eigenvalue weighted by Gasteiger charge is 2.32.